The van der Waals surface area contributed by atoms with E-state index >= 15 is 0 Å². The molecule has 1 heterocycles. The molecule has 17 heavy (non-hydrogen) atoms. The predicted molar refractivity (Wildman–Crippen MR) is 73.7 cm³/mol. The Labute approximate surface area is 106 Å². The Morgan fingerprint density at radius 3 is 2.88 bits per heavy atom. The third kappa shape index (κ3) is 5.17. The lowest BCUT2D eigenvalue weighted by atomic mass is 9.99. The summed E-state index contributed by atoms with van der Waals surface area (Å²) in [6.45, 7) is 7.23. The van der Waals surface area contributed by atoms with Crippen molar-refractivity contribution in [3.05, 3.63) is 12.7 Å². The summed E-state index contributed by atoms with van der Waals surface area (Å²) in [6, 6.07) is 1.05. The maximum absolute atomic E-state index is 5.64. The second-order valence-corrected chi connectivity index (χ2v) is 5.22. The van der Waals surface area contributed by atoms with E-state index in [2.05, 4.69) is 35.9 Å². The average molecular weight is 240 g/mol. The van der Waals surface area contributed by atoms with E-state index in [0.29, 0.717) is 12.1 Å². The van der Waals surface area contributed by atoms with Crippen LogP contribution in [0.15, 0.2) is 12.7 Å². The number of hydrazine groups is 1. The normalized spacial score (nSPS) is 24.8. The number of unbranched alkanes of at least 4 members (excludes halogenated alkanes) is 1. The first-order chi connectivity index (χ1) is 8.17. The molecule has 2 unspecified atom stereocenters. The van der Waals surface area contributed by atoms with Crippen molar-refractivity contribution in [2.24, 2.45) is 5.84 Å². The molecule has 4 heteroatoms. The first-order valence-corrected chi connectivity index (χ1v) is 6.63. The van der Waals surface area contributed by atoms with Crippen LogP contribution in [0.3, 0.4) is 0 Å². The molecular formula is C13H28N4. The van der Waals surface area contributed by atoms with Crippen molar-refractivity contribution in [3.8, 4) is 0 Å². The zero-order chi connectivity index (χ0) is 12.7. The predicted octanol–water partition coefficient (Wildman–Crippen LogP) is 0.811. The Hall–Kier alpha value is -0.420. The molecule has 0 spiro atoms. The third-order valence-corrected chi connectivity index (χ3v) is 3.73. The molecule has 0 amide bonds. The van der Waals surface area contributed by atoms with Gasteiger partial charge >= 0.3 is 0 Å². The van der Waals surface area contributed by atoms with Crippen LogP contribution in [-0.4, -0.2) is 55.6 Å². The molecule has 0 bridgehead atoms. The van der Waals surface area contributed by atoms with Gasteiger partial charge in [0.1, 0.15) is 0 Å². The number of likely N-dealkylation sites (N-methyl/N-ethyl adjacent to an activating group) is 2. The van der Waals surface area contributed by atoms with Crippen molar-refractivity contribution in [2.75, 3.05) is 33.7 Å². The number of rotatable bonds is 7. The molecule has 1 saturated heterocycles. The molecule has 0 aromatic carbocycles. The first kappa shape index (κ1) is 14.6. The van der Waals surface area contributed by atoms with Crippen molar-refractivity contribution in [1.29, 1.82) is 0 Å². The largest absolute Gasteiger partial charge is 0.304 e. The molecule has 1 rings (SSSR count). The molecule has 0 aromatic rings. The van der Waals surface area contributed by atoms with E-state index in [1.807, 2.05) is 6.08 Å². The van der Waals surface area contributed by atoms with Crippen molar-refractivity contribution in [3.63, 3.8) is 0 Å². The van der Waals surface area contributed by atoms with Crippen LogP contribution >= 0.6 is 0 Å². The summed E-state index contributed by atoms with van der Waals surface area (Å²) < 4.78 is 0. The Morgan fingerprint density at radius 1 is 1.47 bits per heavy atom. The number of hydrogen-bond acceptors (Lipinski definition) is 4. The quantitative estimate of drug-likeness (QED) is 0.299. The van der Waals surface area contributed by atoms with Crippen LogP contribution in [0.1, 0.15) is 25.7 Å². The van der Waals surface area contributed by atoms with E-state index in [-0.39, 0.29) is 0 Å². The number of piperazine rings is 1. The van der Waals surface area contributed by atoms with E-state index in [4.69, 9.17) is 5.84 Å². The van der Waals surface area contributed by atoms with Gasteiger partial charge in [-0.2, -0.15) is 0 Å². The molecule has 0 aromatic heterocycles. The highest BCUT2D eigenvalue weighted by molar-refractivity contribution is 4.83. The molecule has 0 radical (unpaired) electrons. The highest BCUT2D eigenvalue weighted by Gasteiger charge is 2.24. The Morgan fingerprint density at radius 2 is 2.24 bits per heavy atom. The standard InChI is InChI=1S/C13H28N4/c1-4-5-6-7-12(15-14)10-13-11-16(2)8-9-17(13)3/h4,12-13,15H,1,5-11,14H2,2-3H3. The van der Waals surface area contributed by atoms with Crippen molar-refractivity contribution < 1.29 is 0 Å². The number of nitrogens with zero attached hydrogens (tertiary/aromatic N) is 2. The van der Waals surface area contributed by atoms with Gasteiger partial charge in [-0.15, -0.1) is 6.58 Å². The van der Waals surface area contributed by atoms with E-state index < -0.39 is 0 Å². The summed E-state index contributed by atoms with van der Waals surface area (Å²) in [5.74, 6) is 5.64. The van der Waals surface area contributed by atoms with E-state index in [0.717, 1.165) is 32.4 Å². The fourth-order valence-corrected chi connectivity index (χ4v) is 2.46. The minimum atomic E-state index is 0.425. The molecule has 1 aliphatic rings. The van der Waals surface area contributed by atoms with Gasteiger partial charge in [0.25, 0.3) is 0 Å². The molecule has 1 fully saturated rings. The van der Waals surface area contributed by atoms with Crippen LogP contribution in [0.5, 0.6) is 0 Å². The number of hydrogen-bond donors (Lipinski definition) is 2. The molecule has 0 saturated carbocycles. The summed E-state index contributed by atoms with van der Waals surface area (Å²) >= 11 is 0. The fourth-order valence-electron chi connectivity index (χ4n) is 2.46. The minimum absolute atomic E-state index is 0.425. The van der Waals surface area contributed by atoms with Crippen LogP contribution in [-0.2, 0) is 0 Å². The Balaban J connectivity index is 2.34. The minimum Gasteiger partial charge on any atom is -0.304 e. The lowest BCUT2D eigenvalue weighted by Crippen LogP contribution is -2.52. The summed E-state index contributed by atoms with van der Waals surface area (Å²) in [4.78, 5) is 4.86. The van der Waals surface area contributed by atoms with Gasteiger partial charge in [0, 0.05) is 31.7 Å². The number of nitrogens with one attached hydrogen (secondary N) is 1. The van der Waals surface area contributed by atoms with Gasteiger partial charge in [-0.25, -0.2) is 0 Å². The van der Waals surface area contributed by atoms with Crippen LogP contribution in [0, 0.1) is 0 Å². The van der Waals surface area contributed by atoms with Crippen LogP contribution in [0.25, 0.3) is 0 Å². The van der Waals surface area contributed by atoms with Gasteiger partial charge in [0.15, 0.2) is 0 Å². The Bertz CT molecular complexity index is 219. The van der Waals surface area contributed by atoms with Gasteiger partial charge in [-0.3, -0.25) is 11.3 Å². The molecule has 4 nitrogen and oxygen atoms in total. The second-order valence-electron chi connectivity index (χ2n) is 5.22. The Kier molecular flexibility index (Phi) is 6.73. The van der Waals surface area contributed by atoms with Gasteiger partial charge in [-0.1, -0.05) is 6.08 Å². The first-order valence-electron chi connectivity index (χ1n) is 6.63. The summed E-state index contributed by atoms with van der Waals surface area (Å²) in [5, 5.41) is 0. The summed E-state index contributed by atoms with van der Waals surface area (Å²) in [5.41, 5.74) is 2.96. The molecule has 1 aliphatic heterocycles. The maximum atomic E-state index is 5.64. The summed E-state index contributed by atoms with van der Waals surface area (Å²) in [7, 11) is 4.41. The number of allylic oxidation sites excluding steroid dienone is 1. The third-order valence-electron chi connectivity index (χ3n) is 3.73. The maximum Gasteiger partial charge on any atom is 0.0235 e. The number of nitrogens with two attached hydrogens (primary N) is 1. The lowest BCUT2D eigenvalue weighted by Gasteiger charge is -2.39. The zero-order valence-corrected chi connectivity index (χ0v) is 11.4. The monoisotopic (exact) mass is 240 g/mol. The van der Waals surface area contributed by atoms with Crippen molar-refractivity contribution in [1.82, 2.24) is 15.2 Å². The summed E-state index contributed by atoms with van der Waals surface area (Å²) in [6.07, 6.45) is 6.50. The van der Waals surface area contributed by atoms with Crippen LogP contribution < -0.4 is 11.3 Å². The highest BCUT2D eigenvalue weighted by atomic mass is 15.3. The van der Waals surface area contributed by atoms with E-state index in [1.54, 1.807) is 0 Å². The lowest BCUT2D eigenvalue weighted by molar-refractivity contribution is 0.0999. The van der Waals surface area contributed by atoms with E-state index in [9.17, 15) is 0 Å². The zero-order valence-electron chi connectivity index (χ0n) is 11.4. The molecule has 0 aliphatic carbocycles. The fraction of sp³-hybridized carbons (Fsp3) is 0.846. The van der Waals surface area contributed by atoms with Gasteiger partial charge in [0.2, 0.25) is 0 Å². The topological polar surface area (TPSA) is 44.5 Å². The SMILES string of the molecule is C=CCCCC(CC1CN(C)CCN1C)NN. The van der Waals surface area contributed by atoms with Crippen molar-refractivity contribution in [2.45, 2.75) is 37.8 Å². The smallest absolute Gasteiger partial charge is 0.0235 e. The molecule has 100 valence electrons. The average Bonchev–Trinajstić information content (AvgIpc) is 2.32. The highest BCUT2D eigenvalue weighted by Crippen LogP contribution is 2.14. The second kappa shape index (κ2) is 7.82. The molecule has 3 N–H and O–H groups in total. The molecule has 2 atom stereocenters. The van der Waals surface area contributed by atoms with Crippen LogP contribution in [0.4, 0.5) is 0 Å². The van der Waals surface area contributed by atoms with Gasteiger partial charge in [0.05, 0.1) is 0 Å². The van der Waals surface area contributed by atoms with E-state index in [1.165, 1.54) is 13.0 Å². The van der Waals surface area contributed by atoms with Gasteiger partial charge in [-0.05, 0) is 39.8 Å². The molecular weight excluding hydrogens is 212 g/mol. The van der Waals surface area contributed by atoms with Crippen LogP contribution in [0.2, 0.25) is 0 Å². The van der Waals surface area contributed by atoms with Gasteiger partial charge < -0.3 is 9.80 Å². The van der Waals surface area contributed by atoms with Crippen molar-refractivity contribution >= 4 is 0 Å².